The van der Waals surface area contributed by atoms with Crippen molar-refractivity contribution in [3.8, 4) is 22.3 Å². The van der Waals surface area contributed by atoms with Gasteiger partial charge < -0.3 is 25.6 Å². The van der Waals surface area contributed by atoms with E-state index in [0.717, 1.165) is 33.8 Å². The van der Waals surface area contributed by atoms with Crippen LogP contribution in [0.3, 0.4) is 0 Å². The summed E-state index contributed by atoms with van der Waals surface area (Å²) < 4.78 is 4.79. The van der Waals surface area contributed by atoms with Crippen LogP contribution in [0.2, 0.25) is 0 Å². The first-order valence-corrected chi connectivity index (χ1v) is 12.6. The summed E-state index contributed by atoms with van der Waals surface area (Å²) in [5.41, 5.74) is 2.49. The first-order valence-electron chi connectivity index (χ1n) is 10.9. The van der Waals surface area contributed by atoms with Crippen LogP contribution in [0.1, 0.15) is 20.7 Å². The molecule has 11 heteroatoms. The smallest absolute Gasteiger partial charge is 0.339 e. The Morgan fingerprint density at radius 3 is 1.38 bits per heavy atom. The molecular weight excluding hydrogens is 516 g/mol. The van der Waals surface area contributed by atoms with E-state index < -0.39 is 37.0 Å². The van der Waals surface area contributed by atoms with Crippen LogP contribution in [-0.4, -0.2) is 47.2 Å². The maximum absolute atomic E-state index is 12.2. The van der Waals surface area contributed by atoms with Gasteiger partial charge in [-0.15, -0.1) is 22.7 Å². The zero-order valence-electron chi connectivity index (χ0n) is 19.1. The largest absolute Gasteiger partial charge is 0.478 e. The van der Waals surface area contributed by atoms with Crippen molar-refractivity contribution >= 4 is 56.6 Å². The minimum absolute atomic E-state index is 0.0186. The molecule has 0 radical (unpaired) electrons. The van der Waals surface area contributed by atoms with Gasteiger partial charge in [0.15, 0.2) is 0 Å². The number of esters is 2. The summed E-state index contributed by atoms with van der Waals surface area (Å²) in [6.07, 6.45) is 0. The molecule has 188 valence electrons. The number of ether oxygens (including phenoxy) is 1. The van der Waals surface area contributed by atoms with Gasteiger partial charge in [-0.1, -0.05) is 60.7 Å². The number of aromatic carboxylic acids is 2. The zero-order valence-corrected chi connectivity index (χ0v) is 20.7. The molecule has 2 heterocycles. The molecule has 0 spiro atoms. The van der Waals surface area contributed by atoms with E-state index in [9.17, 15) is 29.4 Å². The quantitative estimate of drug-likeness (QED) is 0.160. The topological polar surface area (TPSA) is 142 Å². The summed E-state index contributed by atoms with van der Waals surface area (Å²) in [7, 11) is 0. The number of rotatable bonds is 10. The van der Waals surface area contributed by atoms with E-state index >= 15 is 0 Å². The molecule has 0 saturated carbocycles. The van der Waals surface area contributed by atoms with E-state index in [1.165, 1.54) is 0 Å². The lowest BCUT2D eigenvalue weighted by Gasteiger charge is -2.08. The molecule has 0 bridgehead atoms. The van der Waals surface area contributed by atoms with Crippen molar-refractivity contribution in [2.24, 2.45) is 0 Å². The average molecular weight is 537 g/mol. The number of thiophene rings is 2. The number of nitrogens with one attached hydrogen (secondary N) is 2. The minimum Gasteiger partial charge on any atom is -0.478 e. The van der Waals surface area contributed by atoms with Gasteiger partial charge in [0.2, 0.25) is 0 Å². The second-order valence-corrected chi connectivity index (χ2v) is 9.36. The van der Waals surface area contributed by atoms with E-state index in [4.69, 9.17) is 4.74 Å². The molecule has 0 aliphatic carbocycles. The maximum Gasteiger partial charge on any atom is 0.339 e. The lowest BCUT2D eigenvalue weighted by atomic mass is 10.0. The highest BCUT2D eigenvalue weighted by Crippen LogP contribution is 2.36. The Labute approximate surface area is 219 Å². The molecule has 4 N–H and O–H groups in total. The SMILES string of the molecule is O=C(CNc1scc(-c2ccccc2)c1C(=O)O)OC(=O)CNc1scc(-c2ccccc2)c1C(=O)O. The molecule has 2 aromatic carbocycles. The molecule has 0 unspecified atom stereocenters. The number of carboxylic acids is 2. The maximum atomic E-state index is 12.2. The van der Waals surface area contributed by atoms with Crippen LogP contribution in [-0.2, 0) is 14.3 Å². The van der Waals surface area contributed by atoms with Crippen molar-refractivity contribution in [3.05, 3.63) is 82.6 Å². The van der Waals surface area contributed by atoms with Crippen molar-refractivity contribution in [2.45, 2.75) is 0 Å². The van der Waals surface area contributed by atoms with E-state index in [0.29, 0.717) is 11.1 Å². The Morgan fingerprint density at radius 1 is 0.649 bits per heavy atom. The lowest BCUT2D eigenvalue weighted by Crippen LogP contribution is -2.25. The predicted molar refractivity (Wildman–Crippen MR) is 142 cm³/mol. The monoisotopic (exact) mass is 536 g/mol. The van der Waals surface area contributed by atoms with E-state index in [1.807, 2.05) is 12.1 Å². The van der Waals surface area contributed by atoms with Gasteiger partial charge in [0.1, 0.15) is 34.2 Å². The number of benzene rings is 2. The number of hydrogen-bond acceptors (Lipinski definition) is 9. The third-order valence-corrected chi connectivity index (χ3v) is 7.07. The van der Waals surface area contributed by atoms with Crippen molar-refractivity contribution in [3.63, 3.8) is 0 Å². The van der Waals surface area contributed by atoms with Crippen LogP contribution in [0, 0.1) is 0 Å². The fourth-order valence-electron chi connectivity index (χ4n) is 3.57. The Bertz CT molecular complexity index is 1340. The van der Waals surface area contributed by atoms with Crippen LogP contribution < -0.4 is 10.6 Å². The number of carbonyl (C=O) groups excluding carboxylic acids is 2. The van der Waals surface area contributed by atoms with Crippen molar-refractivity contribution < 1.29 is 34.1 Å². The number of carboxylic acid groups (broad SMARTS) is 2. The van der Waals surface area contributed by atoms with Gasteiger partial charge in [-0.3, -0.25) is 0 Å². The van der Waals surface area contributed by atoms with E-state index in [-0.39, 0.29) is 21.1 Å². The van der Waals surface area contributed by atoms with Crippen LogP contribution in [0.5, 0.6) is 0 Å². The standard InChI is InChI=1S/C26H20N2O7S2/c29-19(11-27-23-21(25(31)32)17(13-36-23)15-7-3-1-4-8-15)35-20(30)12-28-24-22(26(33)34)18(14-37-24)16-9-5-2-6-10-16/h1-10,13-14,27-28H,11-12H2,(H,31,32)(H,33,34). The van der Waals surface area contributed by atoms with E-state index in [2.05, 4.69) is 10.6 Å². The van der Waals surface area contributed by atoms with E-state index in [1.54, 1.807) is 59.3 Å². The van der Waals surface area contributed by atoms with Crippen molar-refractivity contribution in [1.82, 2.24) is 0 Å². The lowest BCUT2D eigenvalue weighted by molar-refractivity contribution is -0.157. The van der Waals surface area contributed by atoms with Gasteiger partial charge in [-0.05, 0) is 11.1 Å². The third kappa shape index (κ3) is 6.02. The number of hydrogen-bond donors (Lipinski definition) is 4. The molecular formula is C26H20N2O7S2. The highest BCUT2D eigenvalue weighted by atomic mass is 32.1. The number of anilines is 2. The average Bonchev–Trinajstić information content (AvgIpc) is 3.52. The minimum atomic E-state index is -1.16. The first kappa shape index (κ1) is 25.6. The zero-order chi connectivity index (χ0) is 26.4. The van der Waals surface area contributed by atoms with Gasteiger partial charge in [0.05, 0.1) is 0 Å². The van der Waals surface area contributed by atoms with Gasteiger partial charge in [-0.2, -0.15) is 0 Å². The summed E-state index contributed by atoms with van der Waals surface area (Å²) >= 11 is 2.24. The third-order valence-electron chi connectivity index (χ3n) is 5.19. The molecule has 9 nitrogen and oxygen atoms in total. The summed E-state index contributed by atoms with van der Waals surface area (Å²) in [6.45, 7) is -0.864. The fraction of sp³-hybridized carbons (Fsp3) is 0.0769. The Kier molecular flexibility index (Phi) is 7.96. The molecule has 0 saturated heterocycles. The molecule has 4 rings (SSSR count). The van der Waals surface area contributed by atoms with Gasteiger partial charge >= 0.3 is 23.9 Å². The molecule has 4 aromatic rings. The van der Waals surface area contributed by atoms with Gasteiger partial charge in [-0.25, -0.2) is 19.2 Å². The Morgan fingerprint density at radius 2 is 1.03 bits per heavy atom. The Balaban J connectivity index is 1.35. The fourth-order valence-corrected chi connectivity index (χ4v) is 5.49. The molecule has 0 amide bonds. The predicted octanol–water partition coefficient (Wildman–Crippen LogP) is 5.13. The van der Waals surface area contributed by atoms with Crippen molar-refractivity contribution in [2.75, 3.05) is 23.7 Å². The van der Waals surface area contributed by atoms with Crippen LogP contribution >= 0.6 is 22.7 Å². The van der Waals surface area contributed by atoms with Gasteiger partial charge in [0, 0.05) is 21.9 Å². The van der Waals surface area contributed by atoms with Crippen LogP contribution in [0.15, 0.2) is 71.4 Å². The number of carbonyl (C=O) groups is 4. The molecule has 0 fully saturated rings. The summed E-state index contributed by atoms with van der Waals surface area (Å²) in [5.74, 6) is -4.13. The second kappa shape index (κ2) is 11.5. The second-order valence-electron chi connectivity index (χ2n) is 7.60. The molecule has 0 aliphatic heterocycles. The molecule has 2 aromatic heterocycles. The highest BCUT2D eigenvalue weighted by molar-refractivity contribution is 7.15. The summed E-state index contributed by atoms with van der Waals surface area (Å²) in [4.78, 5) is 48.1. The van der Waals surface area contributed by atoms with Crippen LogP contribution in [0.4, 0.5) is 10.0 Å². The van der Waals surface area contributed by atoms with Crippen molar-refractivity contribution in [1.29, 1.82) is 0 Å². The highest BCUT2D eigenvalue weighted by Gasteiger charge is 2.22. The Hall–Kier alpha value is -4.48. The molecule has 0 aliphatic rings. The summed E-state index contributed by atoms with van der Waals surface area (Å²) in [5, 5.41) is 28.6. The normalized spacial score (nSPS) is 10.5. The molecule has 0 atom stereocenters. The van der Waals surface area contributed by atoms with Crippen LogP contribution in [0.25, 0.3) is 22.3 Å². The summed E-state index contributed by atoms with van der Waals surface area (Å²) in [6, 6.07) is 17.9. The first-order chi connectivity index (χ1) is 17.8. The van der Waals surface area contributed by atoms with Gasteiger partial charge in [0.25, 0.3) is 0 Å². The molecule has 37 heavy (non-hydrogen) atoms.